The van der Waals surface area contributed by atoms with Gasteiger partial charge in [-0.05, 0) is 37.1 Å². The average molecular weight is 385 g/mol. The first kappa shape index (κ1) is 22.1. The van der Waals surface area contributed by atoms with Crippen molar-refractivity contribution in [2.24, 2.45) is 0 Å². The third kappa shape index (κ3) is 10.6. The zero-order valence-corrected chi connectivity index (χ0v) is 14.8. The highest BCUT2D eigenvalue weighted by Crippen LogP contribution is 2.15. The number of benzene rings is 1. The van der Waals surface area contributed by atoms with E-state index in [1.165, 1.54) is 30.3 Å². The molecule has 0 fully saturated rings. The number of hydrogen-bond acceptors (Lipinski definition) is 6. The molecular weight excluding hydrogens is 364 g/mol. The molecule has 0 saturated carbocycles. The first-order chi connectivity index (χ1) is 12.9. The van der Waals surface area contributed by atoms with Crippen LogP contribution >= 0.6 is 0 Å². The number of nitrogens with one attached hydrogen (secondary N) is 1. The van der Waals surface area contributed by atoms with E-state index >= 15 is 0 Å². The third-order valence-electron chi connectivity index (χ3n) is 3.05. The number of carbonyl (C=O) groups is 3. The van der Waals surface area contributed by atoms with Gasteiger partial charge in [0, 0.05) is 19.0 Å². The van der Waals surface area contributed by atoms with Crippen LogP contribution in [0.15, 0.2) is 30.3 Å². The average Bonchev–Trinajstić information content (AvgIpc) is 2.63. The molecule has 1 amide bonds. The highest BCUT2D eigenvalue weighted by atomic mass is 19.3. The molecule has 9 heteroatoms. The number of hydrogen-bond donors (Lipinski definition) is 1. The fourth-order valence-corrected chi connectivity index (χ4v) is 1.85. The minimum atomic E-state index is -2.90. The number of amides is 1. The minimum Gasteiger partial charge on any atom is -0.466 e. The Labute approximate surface area is 155 Å². The summed E-state index contributed by atoms with van der Waals surface area (Å²) in [6.07, 6.45) is 3.13. The lowest BCUT2D eigenvalue weighted by atomic mass is 10.2. The molecule has 1 aromatic rings. The molecule has 0 saturated heterocycles. The Bertz CT molecular complexity index is 646. The van der Waals surface area contributed by atoms with Gasteiger partial charge >= 0.3 is 18.6 Å². The van der Waals surface area contributed by atoms with Crippen molar-refractivity contribution < 1.29 is 37.4 Å². The predicted molar refractivity (Wildman–Crippen MR) is 91.9 cm³/mol. The number of carbonyl (C=O) groups excluding carboxylic acids is 3. The Morgan fingerprint density at radius 3 is 2.48 bits per heavy atom. The van der Waals surface area contributed by atoms with Crippen LogP contribution in [0.5, 0.6) is 5.75 Å². The Hall–Kier alpha value is -2.97. The van der Waals surface area contributed by atoms with Crippen molar-refractivity contribution in [2.75, 3.05) is 19.8 Å². The smallest absolute Gasteiger partial charge is 0.387 e. The van der Waals surface area contributed by atoms with Crippen LogP contribution in [0.25, 0.3) is 6.08 Å². The lowest BCUT2D eigenvalue weighted by Gasteiger charge is -2.05. The number of rotatable bonds is 11. The summed E-state index contributed by atoms with van der Waals surface area (Å²) in [4.78, 5) is 34.2. The second kappa shape index (κ2) is 12.4. The summed E-state index contributed by atoms with van der Waals surface area (Å²) < 4.78 is 37.8. The van der Waals surface area contributed by atoms with Crippen molar-refractivity contribution in [1.29, 1.82) is 0 Å². The van der Waals surface area contributed by atoms with Gasteiger partial charge in [-0.15, -0.1) is 0 Å². The van der Waals surface area contributed by atoms with E-state index in [1.54, 1.807) is 6.92 Å². The van der Waals surface area contributed by atoms with Crippen LogP contribution < -0.4 is 10.1 Å². The van der Waals surface area contributed by atoms with Crippen LogP contribution in [0, 0.1) is 0 Å². The van der Waals surface area contributed by atoms with Crippen LogP contribution in [0.2, 0.25) is 0 Å². The maximum atomic E-state index is 12.0. The maximum absolute atomic E-state index is 12.0. The predicted octanol–water partition coefficient (Wildman–Crippen LogP) is 2.30. The Morgan fingerprint density at radius 1 is 1.15 bits per heavy atom. The molecule has 0 aliphatic heterocycles. The molecule has 148 valence electrons. The van der Waals surface area contributed by atoms with Crippen LogP contribution in [-0.4, -0.2) is 44.2 Å². The Kier molecular flexibility index (Phi) is 10.1. The van der Waals surface area contributed by atoms with Gasteiger partial charge in [0.05, 0.1) is 6.61 Å². The molecule has 0 heterocycles. The van der Waals surface area contributed by atoms with Crippen molar-refractivity contribution in [1.82, 2.24) is 5.32 Å². The van der Waals surface area contributed by atoms with Gasteiger partial charge in [0.1, 0.15) is 5.75 Å². The van der Waals surface area contributed by atoms with E-state index in [0.717, 1.165) is 6.08 Å². The van der Waals surface area contributed by atoms with Gasteiger partial charge in [-0.3, -0.25) is 9.59 Å². The first-order valence-corrected chi connectivity index (χ1v) is 8.22. The first-order valence-electron chi connectivity index (χ1n) is 8.22. The normalized spacial score (nSPS) is 10.7. The van der Waals surface area contributed by atoms with Gasteiger partial charge in [-0.2, -0.15) is 8.78 Å². The molecule has 0 bridgehead atoms. The largest absolute Gasteiger partial charge is 0.466 e. The molecular formula is C18H21F2NO6. The highest BCUT2D eigenvalue weighted by Gasteiger charge is 2.06. The van der Waals surface area contributed by atoms with Gasteiger partial charge in [0.25, 0.3) is 5.91 Å². The molecule has 1 N–H and O–H groups in total. The highest BCUT2D eigenvalue weighted by molar-refractivity contribution is 5.89. The van der Waals surface area contributed by atoms with Gasteiger partial charge in [-0.25, -0.2) is 4.79 Å². The van der Waals surface area contributed by atoms with Crippen molar-refractivity contribution >= 4 is 23.9 Å². The molecule has 0 atom stereocenters. The number of alkyl halides is 2. The second-order valence-corrected chi connectivity index (χ2v) is 5.15. The molecule has 1 rings (SSSR count). The molecule has 0 radical (unpaired) electrons. The van der Waals surface area contributed by atoms with Gasteiger partial charge < -0.3 is 19.5 Å². The van der Waals surface area contributed by atoms with E-state index < -0.39 is 25.1 Å². The maximum Gasteiger partial charge on any atom is 0.387 e. The van der Waals surface area contributed by atoms with E-state index in [-0.39, 0.29) is 24.7 Å². The Balaban J connectivity index is 2.24. The molecule has 0 aromatic heterocycles. The lowest BCUT2D eigenvalue weighted by Crippen LogP contribution is -2.29. The standard InChI is InChI=1S/C18H21F2NO6/c1-2-25-16(23)4-3-11-21-15(22)12-26-17(24)10-7-13-5-8-14(9-6-13)27-18(19)20/h5-10,18H,2-4,11-12H2,1H3,(H,21,22)/b10-7+. The van der Waals surface area contributed by atoms with Crippen molar-refractivity contribution in [3.05, 3.63) is 35.9 Å². The van der Waals surface area contributed by atoms with E-state index in [2.05, 4.69) is 10.1 Å². The van der Waals surface area contributed by atoms with Crippen LogP contribution in [0.1, 0.15) is 25.3 Å². The van der Waals surface area contributed by atoms with E-state index in [1.807, 2.05) is 0 Å². The van der Waals surface area contributed by atoms with Gasteiger partial charge in [0.2, 0.25) is 0 Å². The fourth-order valence-electron chi connectivity index (χ4n) is 1.85. The quantitative estimate of drug-likeness (QED) is 0.357. The fraction of sp³-hybridized carbons (Fsp3) is 0.389. The topological polar surface area (TPSA) is 90.9 Å². The van der Waals surface area contributed by atoms with Crippen LogP contribution in [0.4, 0.5) is 8.78 Å². The Morgan fingerprint density at radius 2 is 1.85 bits per heavy atom. The SMILES string of the molecule is CCOC(=O)CCCNC(=O)COC(=O)/C=C/c1ccc(OC(F)F)cc1. The number of ether oxygens (including phenoxy) is 3. The number of esters is 2. The zero-order chi connectivity index (χ0) is 20.1. The summed E-state index contributed by atoms with van der Waals surface area (Å²) in [6, 6.07) is 5.64. The molecule has 1 aromatic carbocycles. The molecule has 0 unspecified atom stereocenters. The summed E-state index contributed by atoms with van der Waals surface area (Å²) in [5, 5.41) is 2.51. The summed E-state index contributed by atoms with van der Waals surface area (Å²) in [5.41, 5.74) is 0.567. The molecule has 0 spiro atoms. The molecule has 0 aliphatic carbocycles. The van der Waals surface area contributed by atoms with E-state index in [9.17, 15) is 23.2 Å². The summed E-state index contributed by atoms with van der Waals surface area (Å²) in [6.45, 7) is -1.08. The van der Waals surface area contributed by atoms with Crippen LogP contribution in [0.3, 0.4) is 0 Å². The van der Waals surface area contributed by atoms with Crippen molar-refractivity contribution in [2.45, 2.75) is 26.4 Å². The van der Waals surface area contributed by atoms with Crippen molar-refractivity contribution in [3.63, 3.8) is 0 Å². The lowest BCUT2D eigenvalue weighted by molar-refractivity contribution is -0.143. The van der Waals surface area contributed by atoms with E-state index in [0.29, 0.717) is 18.6 Å². The van der Waals surface area contributed by atoms with Gasteiger partial charge in [-0.1, -0.05) is 12.1 Å². The van der Waals surface area contributed by atoms with Crippen LogP contribution in [-0.2, 0) is 23.9 Å². The minimum absolute atomic E-state index is 0.00403. The second-order valence-electron chi connectivity index (χ2n) is 5.15. The van der Waals surface area contributed by atoms with E-state index in [4.69, 9.17) is 9.47 Å². The third-order valence-corrected chi connectivity index (χ3v) is 3.05. The molecule has 7 nitrogen and oxygen atoms in total. The summed E-state index contributed by atoms with van der Waals surface area (Å²) in [5.74, 6) is -1.56. The summed E-state index contributed by atoms with van der Waals surface area (Å²) >= 11 is 0. The molecule has 27 heavy (non-hydrogen) atoms. The van der Waals surface area contributed by atoms with Gasteiger partial charge in [0.15, 0.2) is 6.61 Å². The number of halogens is 2. The summed E-state index contributed by atoms with van der Waals surface area (Å²) in [7, 11) is 0. The zero-order valence-electron chi connectivity index (χ0n) is 14.8. The molecule has 0 aliphatic rings. The monoisotopic (exact) mass is 385 g/mol. The van der Waals surface area contributed by atoms with Crippen molar-refractivity contribution in [3.8, 4) is 5.75 Å².